The molecule has 3 aromatic rings. The lowest BCUT2D eigenvalue weighted by atomic mass is 9.95. The van der Waals surface area contributed by atoms with Crippen molar-refractivity contribution in [1.82, 2.24) is 4.57 Å². The summed E-state index contributed by atoms with van der Waals surface area (Å²) in [6.07, 6.45) is 3.40. The van der Waals surface area contributed by atoms with Crippen LogP contribution < -0.4 is 29.1 Å². The fourth-order valence-corrected chi connectivity index (χ4v) is 5.31. The number of aromatic nitrogens is 1. The minimum atomic E-state index is -0.785. The molecule has 10 heteroatoms. The third-order valence-electron chi connectivity index (χ3n) is 5.94. The molecule has 1 aliphatic heterocycles. The minimum Gasteiger partial charge on any atom is -0.490 e. The van der Waals surface area contributed by atoms with Gasteiger partial charge in [-0.05, 0) is 62.2 Å². The number of benzene rings is 2. The first-order valence-electron chi connectivity index (χ1n) is 12.7. The smallest absolute Gasteiger partial charge is 0.338 e. The Labute approximate surface area is 235 Å². The standard InChI is InChI=1S/C30H29N3O6S/c1-5-15-39-23-13-10-21(18-24(23)36-6-2)27-26(29(35)37-7-3)19(4)32-30-33(27)28(34)25(40-30)17-20-8-11-22(12-9-20)38-16-14-31/h5,8-13,17-18,27H,1,6-7,15-16H2,2-4H3/b25-17+. The second kappa shape index (κ2) is 13.0. The van der Waals surface area contributed by atoms with Gasteiger partial charge < -0.3 is 18.9 Å². The average molecular weight is 560 g/mol. The van der Waals surface area contributed by atoms with Crippen molar-refractivity contribution >= 4 is 23.4 Å². The predicted molar refractivity (Wildman–Crippen MR) is 151 cm³/mol. The van der Waals surface area contributed by atoms with Crippen LogP contribution in [0.5, 0.6) is 17.2 Å². The highest BCUT2D eigenvalue weighted by atomic mass is 32.1. The maximum absolute atomic E-state index is 13.8. The van der Waals surface area contributed by atoms with Crippen molar-refractivity contribution in [2.45, 2.75) is 26.8 Å². The van der Waals surface area contributed by atoms with Crippen LogP contribution in [0.2, 0.25) is 0 Å². The predicted octanol–water partition coefficient (Wildman–Crippen LogP) is 3.66. The monoisotopic (exact) mass is 559 g/mol. The minimum absolute atomic E-state index is 0.0491. The van der Waals surface area contributed by atoms with Crippen LogP contribution in [0.4, 0.5) is 0 Å². The van der Waals surface area contributed by atoms with Crippen LogP contribution in [0.15, 0.2) is 76.2 Å². The second-order valence-electron chi connectivity index (χ2n) is 8.56. The Balaban J connectivity index is 1.86. The first-order chi connectivity index (χ1) is 19.4. The molecule has 1 aliphatic rings. The molecular formula is C30H29N3O6S. The Morgan fingerprint density at radius 2 is 1.90 bits per heavy atom. The van der Waals surface area contributed by atoms with Gasteiger partial charge in [0.25, 0.3) is 5.56 Å². The maximum atomic E-state index is 13.8. The summed E-state index contributed by atoms with van der Waals surface area (Å²) in [5.74, 6) is 1.03. The zero-order chi connectivity index (χ0) is 28.6. The van der Waals surface area contributed by atoms with Crippen LogP contribution in [0.3, 0.4) is 0 Å². The Morgan fingerprint density at radius 1 is 1.12 bits per heavy atom. The molecule has 2 aromatic carbocycles. The van der Waals surface area contributed by atoms with Crippen LogP contribution in [-0.4, -0.2) is 37.0 Å². The van der Waals surface area contributed by atoms with Gasteiger partial charge in [0.15, 0.2) is 22.9 Å². The molecule has 0 fully saturated rings. The molecule has 0 spiro atoms. The molecule has 9 nitrogen and oxygen atoms in total. The summed E-state index contributed by atoms with van der Waals surface area (Å²) >= 11 is 1.23. The number of thiazole rings is 1. The van der Waals surface area contributed by atoms with Gasteiger partial charge in [0, 0.05) is 0 Å². The highest BCUT2D eigenvalue weighted by Gasteiger charge is 2.34. The van der Waals surface area contributed by atoms with E-state index in [4.69, 9.17) is 24.2 Å². The lowest BCUT2D eigenvalue weighted by Gasteiger charge is -2.25. The second-order valence-corrected chi connectivity index (χ2v) is 9.57. The summed E-state index contributed by atoms with van der Waals surface area (Å²) in [6.45, 7) is 9.85. The van der Waals surface area contributed by atoms with Crippen molar-refractivity contribution in [2.24, 2.45) is 4.99 Å². The molecule has 206 valence electrons. The van der Waals surface area contributed by atoms with Crippen LogP contribution >= 0.6 is 11.3 Å². The topological polar surface area (TPSA) is 112 Å². The van der Waals surface area contributed by atoms with Crippen molar-refractivity contribution in [1.29, 1.82) is 5.26 Å². The van der Waals surface area contributed by atoms with Gasteiger partial charge in [0.1, 0.15) is 18.4 Å². The SMILES string of the molecule is C=CCOc1ccc(C2C(C(=O)OCC)=C(C)N=c3s/c(=C/c4ccc(OCC#N)cc4)c(=O)n32)cc1OCC. The van der Waals surface area contributed by atoms with Gasteiger partial charge in [-0.15, -0.1) is 0 Å². The summed E-state index contributed by atoms with van der Waals surface area (Å²) in [4.78, 5) is 32.1. The summed E-state index contributed by atoms with van der Waals surface area (Å²) in [6, 6.07) is 13.6. The molecule has 0 N–H and O–H groups in total. The summed E-state index contributed by atoms with van der Waals surface area (Å²) in [7, 11) is 0. The number of carbonyl (C=O) groups excluding carboxylic acids is 1. The number of ether oxygens (including phenoxy) is 4. The van der Waals surface area contributed by atoms with Gasteiger partial charge in [0.05, 0.1) is 35.1 Å². The highest BCUT2D eigenvalue weighted by molar-refractivity contribution is 7.07. The van der Waals surface area contributed by atoms with Gasteiger partial charge in [-0.25, -0.2) is 9.79 Å². The van der Waals surface area contributed by atoms with E-state index in [0.29, 0.717) is 51.1 Å². The van der Waals surface area contributed by atoms with Crippen molar-refractivity contribution in [3.63, 3.8) is 0 Å². The normalized spacial score (nSPS) is 14.6. The summed E-state index contributed by atoms with van der Waals surface area (Å²) in [5.41, 5.74) is 1.88. The van der Waals surface area contributed by atoms with Crippen molar-refractivity contribution in [2.75, 3.05) is 26.4 Å². The van der Waals surface area contributed by atoms with Gasteiger partial charge in [-0.1, -0.05) is 42.2 Å². The Morgan fingerprint density at radius 3 is 2.58 bits per heavy atom. The van der Waals surface area contributed by atoms with Crippen LogP contribution in [0.1, 0.15) is 37.9 Å². The number of fused-ring (bicyclic) bond motifs is 1. The summed E-state index contributed by atoms with van der Waals surface area (Å²) < 4.78 is 24.2. The van der Waals surface area contributed by atoms with E-state index in [-0.39, 0.29) is 24.3 Å². The zero-order valence-corrected chi connectivity index (χ0v) is 23.3. The van der Waals surface area contributed by atoms with E-state index in [1.54, 1.807) is 68.5 Å². The number of esters is 1. The third kappa shape index (κ3) is 6.00. The van der Waals surface area contributed by atoms with E-state index >= 15 is 0 Å². The third-order valence-corrected chi connectivity index (χ3v) is 6.92. The molecule has 40 heavy (non-hydrogen) atoms. The first-order valence-corrected chi connectivity index (χ1v) is 13.5. The Bertz CT molecular complexity index is 1660. The van der Waals surface area contributed by atoms with Gasteiger partial charge >= 0.3 is 5.97 Å². The maximum Gasteiger partial charge on any atom is 0.338 e. The number of nitriles is 1. The van der Waals surface area contributed by atoms with E-state index in [9.17, 15) is 9.59 Å². The van der Waals surface area contributed by atoms with Crippen LogP contribution in [0, 0.1) is 11.3 Å². The first kappa shape index (κ1) is 28.4. The molecule has 2 heterocycles. The van der Waals surface area contributed by atoms with Crippen molar-refractivity contribution < 1.29 is 23.7 Å². The van der Waals surface area contributed by atoms with E-state index in [0.717, 1.165) is 5.56 Å². The fraction of sp³-hybridized carbons (Fsp3) is 0.267. The number of rotatable bonds is 11. The fourth-order valence-electron chi connectivity index (χ4n) is 4.27. The Kier molecular flexibility index (Phi) is 9.19. The van der Waals surface area contributed by atoms with Gasteiger partial charge in [0.2, 0.25) is 0 Å². The number of carbonyl (C=O) groups is 1. The number of nitrogens with zero attached hydrogens (tertiary/aromatic N) is 3. The molecule has 1 atom stereocenters. The molecule has 0 saturated carbocycles. The largest absolute Gasteiger partial charge is 0.490 e. The van der Waals surface area contributed by atoms with Gasteiger partial charge in [-0.2, -0.15) is 5.26 Å². The molecule has 4 rings (SSSR count). The molecular weight excluding hydrogens is 530 g/mol. The quantitative estimate of drug-likeness (QED) is 0.260. The van der Waals surface area contributed by atoms with Gasteiger partial charge in [-0.3, -0.25) is 9.36 Å². The molecule has 0 bridgehead atoms. The Hall–Kier alpha value is -4.62. The lowest BCUT2D eigenvalue weighted by molar-refractivity contribution is -0.139. The molecule has 0 radical (unpaired) electrons. The summed E-state index contributed by atoms with van der Waals surface area (Å²) in [5, 5.41) is 8.71. The molecule has 1 aromatic heterocycles. The highest BCUT2D eigenvalue weighted by Crippen LogP contribution is 2.36. The number of allylic oxidation sites excluding steroid dienone is 1. The van der Waals surface area contributed by atoms with E-state index < -0.39 is 12.0 Å². The molecule has 0 aliphatic carbocycles. The van der Waals surface area contributed by atoms with Crippen LogP contribution in [0.25, 0.3) is 6.08 Å². The molecule has 1 unspecified atom stereocenters. The van der Waals surface area contributed by atoms with Crippen LogP contribution in [-0.2, 0) is 9.53 Å². The van der Waals surface area contributed by atoms with E-state index in [1.807, 2.05) is 13.0 Å². The van der Waals surface area contributed by atoms with E-state index in [2.05, 4.69) is 11.6 Å². The van der Waals surface area contributed by atoms with Crippen molar-refractivity contribution in [3.8, 4) is 23.3 Å². The number of hydrogen-bond donors (Lipinski definition) is 0. The molecule has 0 amide bonds. The van der Waals surface area contributed by atoms with E-state index in [1.165, 1.54) is 15.9 Å². The number of hydrogen-bond acceptors (Lipinski definition) is 9. The molecule has 0 saturated heterocycles. The van der Waals surface area contributed by atoms with Crippen molar-refractivity contribution in [3.05, 3.63) is 97.2 Å². The average Bonchev–Trinajstić information content (AvgIpc) is 3.25. The lowest BCUT2D eigenvalue weighted by Crippen LogP contribution is -2.40. The zero-order valence-electron chi connectivity index (χ0n) is 22.5.